The van der Waals surface area contributed by atoms with Crippen molar-refractivity contribution in [3.05, 3.63) is 47.1 Å². The van der Waals surface area contributed by atoms with Gasteiger partial charge in [-0.05, 0) is 39.7 Å². The standard InChI is InChI=1S/C20H24O6/c1-5-12(3)19(23)26-18-16-13(4)20(24)25-15(16)9-11(2)7-6-8-14(10-21)17(18)22/h5,8-10,15-18,22H,4,6-7H2,1-3H3. The third-order valence-corrected chi connectivity index (χ3v) is 4.77. The fourth-order valence-corrected chi connectivity index (χ4v) is 3.06. The van der Waals surface area contributed by atoms with Crippen LogP contribution in [0.15, 0.2) is 47.1 Å². The molecule has 1 heterocycles. The molecule has 26 heavy (non-hydrogen) atoms. The van der Waals surface area contributed by atoms with Gasteiger partial charge in [-0.2, -0.15) is 0 Å². The van der Waals surface area contributed by atoms with Crippen LogP contribution in [0.4, 0.5) is 0 Å². The molecule has 4 unspecified atom stereocenters. The number of aliphatic hydroxyl groups is 1. The average molecular weight is 360 g/mol. The van der Waals surface area contributed by atoms with Gasteiger partial charge >= 0.3 is 11.9 Å². The topological polar surface area (TPSA) is 89.9 Å². The van der Waals surface area contributed by atoms with Crippen molar-refractivity contribution in [1.82, 2.24) is 0 Å². The number of allylic oxidation sites excluding steroid dienone is 3. The van der Waals surface area contributed by atoms with Gasteiger partial charge in [-0.15, -0.1) is 0 Å². The third kappa shape index (κ3) is 4.02. The fourth-order valence-electron chi connectivity index (χ4n) is 3.06. The zero-order chi connectivity index (χ0) is 19.4. The molecular formula is C20H24O6. The Bertz CT molecular complexity index is 712. The van der Waals surface area contributed by atoms with E-state index in [9.17, 15) is 19.5 Å². The van der Waals surface area contributed by atoms with Gasteiger partial charge in [-0.25, -0.2) is 9.59 Å². The molecule has 0 aromatic heterocycles. The van der Waals surface area contributed by atoms with Crippen molar-refractivity contribution in [2.24, 2.45) is 5.92 Å². The smallest absolute Gasteiger partial charge is 0.334 e. The number of aliphatic hydroxyl groups excluding tert-OH is 1. The first-order valence-electron chi connectivity index (χ1n) is 8.54. The number of hydrogen-bond acceptors (Lipinski definition) is 6. The SMILES string of the molecule is C=C1C(=O)OC2C=C(C)CCC=C(C=O)C(O)C(OC(=O)C(C)=CC)C12. The Morgan fingerprint density at radius 1 is 1.46 bits per heavy atom. The predicted octanol–water partition coefficient (Wildman–Crippen LogP) is 2.19. The van der Waals surface area contributed by atoms with Crippen LogP contribution < -0.4 is 0 Å². The van der Waals surface area contributed by atoms with E-state index in [2.05, 4.69) is 6.58 Å². The largest absolute Gasteiger partial charge is 0.455 e. The van der Waals surface area contributed by atoms with Gasteiger partial charge in [0.05, 0.1) is 5.92 Å². The quantitative estimate of drug-likeness (QED) is 0.359. The second-order valence-electron chi connectivity index (χ2n) is 6.58. The first-order valence-corrected chi connectivity index (χ1v) is 8.54. The van der Waals surface area contributed by atoms with Crippen molar-refractivity contribution in [1.29, 1.82) is 0 Å². The number of ether oxygens (including phenoxy) is 2. The Hall–Kier alpha value is -2.47. The highest BCUT2D eigenvalue weighted by atomic mass is 16.6. The Labute approximate surface area is 152 Å². The molecule has 0 aromatic rings. The molecule has 1 saturated heterocycles. The summed E-state index contributed by atoms with van der Waals surface area (Å²) in [6.45, 7) is 8.91. The van der Waals surface area contributed by atoms with E-state index in [0.717, 1.165) is 5.57 Å². The van der Waals surface area contributed by atoms with Crippen LogP contribution in [-0.2, 0) is 23.9 Å². The molecule has 1 aliphatic carbocycles. The normalized spacial score (nSPS) is 29.9. The van der Waals surface area contributed by atoms with E-state index < -0.39 is 36.2 Å². The lowest BCUT2D eigenvalue weighted by molar-refractivity contribution is -0.153. The summed E-state index contributed by atoms with van der Waals surface area (Å²) in [5.41, 5.74) is 1.54. The molecule has 140 valence electrons. The highest BCUT2D eigenvalue weighted by molar-refractivity contribution is 5.92. The van der Waals surface area contributed by atoms with Gasteiger partial charge in [0.15, 0.2) is 0 Å². The van der Waals surface area contributed by atoms with E-state index in [1.165, 1.54) is 0 Å². The monoisotopic (exact) mass is 360 g/mol. The van der Waals surface area contributed by atoms with Crippen molar-refractivity contribution >= 4 is 18.2 Å². The molecule has 0 amide bonds. The third-order valence-electron chi connectivity index (χ3n) is 4.77. The maximum absolute atomic E-state index is 12.3. The molecule has 0 spiro atoms. The summed E-state index contributed by atoms with van der Waals surface area (Å²) in [4.78, 5) is 35.8. The molecular weight excluding hydrogens is 336 g/mol. The van der Waals surface area contributed by atoms with E-state index in [1.807, 2.05) is 6.92 Å². The second kappa shape index (κ2) is 8.27. The minimum absolute atomic E-state index is 0.111. The van der Waals surface area contributed by atoms with E-state index in [-0.39, 0.29) is 11.1 Å². The predicted molar refractivity (Wildman–Crippen MR) is 95.0 cm³/mol. The average Bonchev–Trinajstić information content (AvgIpc) is 2.88. The highest BCUT2D eigenvalue weighted by Gasteiger charge is 2.47. The maximum atomic E-state index is 12.3. The summed E-state index contributed by atoms with van der Waals surface area (Å²) in [6.07, 6.45) is 3.47. The van der Waals surface area contributed by atoms with Gasteiger partial charge in [-0.1, -0.05) is 24.3 Å². The molecule has 6 nitrogen and oxygen atoms in total. The van der Waals surface area contributed by atoms with Crippen molar-refractivity contribution in [3.8, 4) is 0 Å². The lowest BCUT2D eigenvalue weighted by Crippen LogP contribution is -2.43. The highest BCUT2D eigenvalue weighted by Crippen LogP contribution is 2.36. The van der Waals surface area contributed by atoms with Crippen LogP contribution in [0.3, 0.4) is 0 Å². The van der Waals surface area contributed by atoms with Crippen LogP contribution in [0.25, 0.3) is 0 Å². The summed E-state index contributed by atoms with van der Waals surface area (Å²) >= 11 is 0. The molecule has 1 N–H and O–H groups in total. The molecule has 6 heteroatoms. The molecule has 4 atom stereocenters. The van der Waals surface area contributed by atoms with E-state index in [4.69, 9.17) is 9.47 Å². The molecule has 1 fully saturated rings. The van der Waals surface area contributed by atoms with Crippen molar-refractivity contribution < 1.29 is 29.0 Å². The van der Waals surface area contributed by atoms with Crippen LogP contribution in [0.2, 0.25) is 0 Å². The van der Waals surface area contributed by atoms with Crippen molar-refractivity contribution in [2.45, 2.75) is 51.9 Å². The number of fused-ring (bicyclic) bond motifs is 1. The minimum Gasteiger partial charge on any atom is -0.455 e. The first kappa shape index (κ1) is 19.8. The lowest BCUT2D eigenvalue weighted by Gasteiger charge is -2.30. The number of aldehydes is 1. The number of rotatable bonds is 3. The van der Waals surface area contributed by atoms with Gasteiger partial charge in [0.2, 0.25) is 0 Å². The number of carbonyl (C=O) groups is 3. The zero-order valence-corrected chi connectivity index (χ0v) is 15.2. The fraction of sp³-hybridized carbons (Fsp3) is 0.450. The zero-order valence-electron chi connectivity index (χ0n) is 15.2. The van der Waals surface area contributed by atoms with Gasteiger partial charge < -0.3 is 14.6 Å². The van der Waals surface area contributed by atoms with E-state index in [1.54, 1.807) is 32.1 Å². The molecule has 2 rings (SSSR count). The Morgan fingerprint density at radius 2 is 2.15 bits per heavy atom. The van der Waals surface area contributed by atoms with Crippen LogP contribution in [0, 0.1) is 5.92 Å². The Morgan fingerprint density at radius 3 is 2.77 bits per heavy atom. The minimum atomic E-state index is -1.38. The van der Waals surface area contributed by atoms with Gasteiger partial charge in [0.1, 0.15) is 24.6 Å². The van der Waals surface area contributed by atoms with Crippen molar-refractivity contribution in [3.63, 3.8) is 0 Å². The summed E-state index contributed by atoms with van der Waals surface area (Å²) < 4.78 is 10.9. The Kier molecular flexibility index (Phi) is 6.32. The number of hydrogen-bond donors (Lipinski definition) is 1. The molecule has 2 aliphatic rings. The summed E-state index contributed by atoms with van der Waals surface area (Å²) in [5, 5.41) is 10.7. The maximum Gasteiger partial charge on any atom is 0.334 e. The summed E-state index contributed by atoms with van der Waals surface area (Å²) in [6, 6.07) is 0. The number of esters is 2. The van der Waals surface area contributed by atoms with Gasteiger partial charge in [0, 0.05) is 16.7 Å². The van der Waals surface area contributed by atoms with Crippen LogP contribution in [-0.4, -0.2) is 41.6 Å². The number of carbonyl (C=O) groups excluding carboxylic acids is 3. The first-order chi connectivity index (χ1) is 12.3. The van der Waals surface area contributed by atoms with E-state index >= 15 is 0 Å². The summed E-state index contributed by atoms with van der Waals surface area (Å²) in [7, 11) is 0. The van der Waals surface area contributed by atoms with Crippen LogP contribution in [0.1, 0.15) is 33.6 Å². The second-order valence-corrected chi connectivity index (χ2v) is 6.58. The Balaban J connectivity index is 2.52. The lowest BCUT2D eigenvalue weighted by atomic mass is 9.84. The van der Waals surface area contributed by atoms with Gasteiger partial charge in [-0.3, -0.25) is 4.79 Å². The molecule has 0 radical (unpaired) electrons. The van der Waals surface area contributed by atoms with E-state index in [0.29, 0.717) is 24.7 Å². The van der Waals surface area contributed by atoms with Crippen LogP contribution >= 0.6 is 0 Å². The van der Waals surface area contributed by atoms with Crippen molar-refractivity contribution in [2.75, 3.05) is 0 Å². The molecule has 1 aliphatic heterocycles. The van der Waals surface area contributed by atoms with Gasteiger partial charge in [0.25, 0.3) is 0 Å². The van der Waals surface area contributed by atoms with Crippen LogP contribution in [0.5, 0.6) is 0 Å². The summed E-state index contributed by atoms with van der Waals surface area (Å²) in [5.74, 6) is -2.01. The molecule has 0 bridgehead atoms. The molecule has 0 saturated carbocycles. The molecule has 0 aromatic carbocycles.